The summed E-state index contributed by atoms with van der Waals surface area (Å²) in [5.41, 5.74) is 6.89. The maximum Gasteiger partial charge on any atom is 0.0448 e. The van der Waals surface area contributed by atoms with Crippen molar-refractivity contribution in [2.45, 2.75) is 6.92 Å². The standard InChI is InChI=1S/C4H9N3.HI/c1-4-3-5-6-7(4)2;/h3,5-6H,1-2H3;1H. The first-order chi connectivity index (χ1) is 3.30. The van der Waals surface area contributed by atoms with Crippen molar-refractivity contribution in [3.8, 4) is 0 Å². The molecular weight excluding hydrogens is 217 g/mol. The number of nitrogens with zero attached hydrogens (tertiary/aromatic N) is 1. The van der Waals surface area contributed by atoms with Gasteiger partial charge in [0.2, 0.25) is 0 Å². The maximum atomic E-state index is 2.86. The molecule has 0 spiro atoms. The summed E-state index contributed by atoms with van der Waals surface area (Å²) < 4.78 is 0. The highest BCUT2D eigenvalue weighted by molar-refractivity contribution is 14.0. The Balaban J connectivity index is 0.000000490. The molecule has 1 aliphatic rings. The van der Waals surface area contributed by atoms with Crippen molar-refractivity contribution in [2.75, 3.05) is 7.05 Å². The number of halogens is 1. The van der Waals surface area contributed by atoms with Gasteiger partial charge < -0.3 is 5.43 Å². The van der Waals surface area contributed by atoms with Crippen LogP contribution >= 0.6 is 24.0 Å². The Morgan fingerprint density at radius 1 is 1.62 bits per heavy atom. The number of hydrazine groups is 2. The molecule has 0 unspecified atom stereocenters. The van der Waals surface area contributed by atoms with E-state index in [1.54, 1.807) is 0 Å². The predicted octanol–water partition coefficient (Wildman–Crippen LogP) is 0.420. The van der Waals surface area contributed by atoms with Crippen LogP contribution in [0.5, 0.6) is 0 Å². The molecule has 48 valence electrons. The Kier molecular flexibility index (Phi) is 3.15. The molecule has 0 fully saturated rings. The van der Waals surface area contributed by atoms with Crippen LogP contribution in [0.15, 0.2) is 11.9 Å². The van der Waals surface area contributed by atoms with E-state index in [0.717, 1.165) is 0 Å². The molecule has 1 heterocycles. The Hall–Kier alpha value is 0.0300. The van der Waals surface area contributed by atoms with Crippen LogP contribution in [0, 0.1) is 0 Å². The van der Waals surface area contributed by atoms with Crippen molar-refractivity contribution < 1.29 is 0 Å². The van der Waals surface area contributed by atoms with E-state index in [0.29, 0.717) is 0 Å². The largest absolute Gasteiger partial charge is 0.309 e. The van der Waals surface area contributed by atoms with Gasteiger partial charge >= 0.3 is 0 Å². The van der Waals surface area contributed by atoms with Crippen molar-refractivity contribution in [1.82, 2.24) is 16.0 Å². The second-order valence-electron chi connectivity index (χ2n) is 1.60. The van der Waals surface area contributed by atoms with Crippen LogP contribution in [0.4, 0.5) is 0 Å². The summed E-state index contributed by atoms with van der Waals surface area (Å²) in [7, 11) is 1.95. The molecule has 8 heavy (non-hydrogen) atoms. The van der Waals surface area contributed by atoms with E-state index in [2.05, 4.69) is 11.0 Å². The summed E-state index contributed by atoms with van der Waals surface area (Å²) in [6.45, 7) is 2.02. The third kappa shape index (κ3) is 1.52. The molecule has 0 aromatic rings. The Morgan fingerprint density at radius 3 is 2.38 bits per heavy atom. The summed E-state index contributed by atoms with van der Waals surface area (Å²) >= 11 is 0. The van der Waals surface area contributed by atoms with Crippen LogP contribution in [0.25, 0.3) is 0 Å². The molecule has 0 saturated heterocycles. The van der Waals surface area contributed by atoms with Crippen LogP contribution < -0.4 is 11.0 Å². The fourth-order valence-corrected chi connectivity index (χ4v) is 0.419. The fourth-order valence-electron chi connectivity index (χ4n) is 0.419. The van der Waals surface area contributed by atoms with Gasteiger partial charge in [0, 0.05) is 18.9 Å². The molecule has 0 saturated carbocycles. The lowest BCUT2D eigenvalue weighted by atomic mass is 10.5. The highest BCUT2D eigenvalue weighted by Gasteiger charge is 2.00. The van der Waals surface area contributed by atoms with E-state index in [1.807, 2.05) is 25.2 Å². The van der Waals surface area contributed by atoms with Gasteiger partial charge in [-0.15, -0.1) is 29.5 Å². The lowest BCUT2D eigenvalue weighted by Crippen LogP contribution is -2.33. The zero-order chi connectivity index (χ0) is 5.28. The number of hydrogen-bond acceptors (Lipinski definition) is 3. The van der Waals surface area contributed by atoms with Crippen molar-refractivity contribution in [2.24, 2.45) is 0 Å². The van der Waals surface area contributed by atoms with Gasteiger partial charge in [-0.1, -0.05) is 0 Å². The zero-order valence-electron chi connectivity index (χ0n) is 4.93. The molecular formula is C4H10IN3. The van der Waals surface area contributed by atoms with E-state index >= 15 is 0 Å². The third-order valence-corrected chi connectivity index (χ3v) is 1.04. The second-order valence-corrected chi connectivity index (χ2v) is 1.60. The lowest BCUT2D eigenvalue weighted by Gasteiger charge is -2.09. The van der Waals surface area contributed by atoms with Crippen LogP contribution in [0.3, 0.4) is 0 Å². The van der Waals surface area contributed by atoms with Gasteiger partial charge in [-0.3, -0.25) is 5.01 Å². The van der Waals surface area contributed by atoms with E-state index in [4.69, 9.17) is 0 Å². The molecule has 0 atom stereocenters. The summed E-state index contributed by atoms with van der Waals surface area (Å²) in [6, 6.07) is 0. The highest BCUT2D eigenvalue weighted by Crippen LogP contribution is 1.95. The van der Waals surface area contributed by atoms with Gasteiger partial charge in [-0.25, -0.2) is 0 Å². The highest BCUT2D eigenvalue weighted by atomic mass is 127. The van der Waals surface area contributed by atoms with Gasteiger partial charge in [0.05, 0.1) is 0 Å². The smallest absolute Gasteiger partial charge is 0.0448 e. The molecule has 0 bridgehead atoms. The Labute approximate surface area is 66.1 Å². The van der Waals surface area contributed by atoms with E-state index < -0.39 is 0 Å². The first kappa shape index (κ1) is 8.03. The molecule has 0 aromatic heterocycles. The first-order valence-electron chi connectivity index (χ1n) is 2.22. The average Bonchev–Trinajstić information content (AvgIpc) is 1.91. The third-order valence-electron chi connectivity index (χ3n) is 1.04. The van der Waals surface area contributed by atoms with Crippen LogP contribution in [0.2, 0.25) is 0 Å². The van der Waals surface area contributed by atoms with E-state index in [1.165, 1.54) is 5.70 Å². The first-order valence-corrected chi connectivity index (χ1v) is 2.22. The molecule has 0 amide bonds. The number of rotatable bonds is 0. The van der Waals surface area contributed by atoms with Crippen molar-refractivity contribution in [3.63, 3.8) is 0 Å². The van der Waals surface area contributed by atoms with Gasteiger partial charge in [0.15, 0.2) is 0 Å². The SMILES string of the molecule is CC1=CNNN1C.I. The lowest BCUT2D eigenvalue weighted by molar-refractivity contribution is 0.307. The summed E-state index contributed by atoms with van der Waals surface area (Å²) in [5.74, 6) is 0. The Bertz CT molecular complexity index is 101. The van der Waals surface area contributed by atoms with Crippen LogP contribution in [-0.2, 0) is 0 Å². The summed E-state index contributed by atoms with van der Waals surface area (Å²) in [5, 5.41) is 1.90. The minimum Gasteiger partial charge on any atom is -0.309 e. The second kappa shape index (κ2) is 3.13. The number of hydrogen-bond donors (Lipinski definition) is 2. The average molecular weight is 227 g/mol. The minimum absolute atomic E-state index is 0. The van der Waals surface area contributed by atoms with Gasteiger partial charge in [-0.2, -0.15) is 0 Å². The van der Waals surface area contributed by atoms with Crippen molar-refractivity contribution >= 4 is 24.0 Å². The van der Waals surface area contributed by atoms with Gasteiger partial charge in [0.25, 0.3) is 0 Å². The molecule has 0 radical (unpaired) electrons. The molecule has 2 N–H and O–H groups in total. The monoisotopic (exact) mass is 227 g/mol. The van der Waals surface area contributed by atoms with Crippen molar-refractivity contribution in [1.29, 1.82) is 0 Å². The number of allylic oxidation sites excluding steroid dienone is 1. The quantitative estimate of drug-likeness (QED) is 0.587. The van der Waals surface area contributed by atoms with E-state index in [-0.39, 0.29) is 24.0 Å². The fraction of sp³-hybridized carbons (Fsp3) is 0.500. The minimum atomic E-state index is 0. The summed E-state index contributed by atoms with van der Waals surface area (Å²) in [4.78, 5) is 0. The molecule has 4 heteroatoms. The topological polar surface area (TPSA) is 27.3 Å². The number of nitrogens with one attached hydrogen (secondary N) is 2. The van der Waals surface area contributed by atoms with Gasteiger partial charge in [-0.05, 0) is 6.92 Å². The Morgan fingerprint density at radius 2 is 2.25 bits per heavy atom. The summed E-state index contributed by atoms with van der Waals surface area (Å²) in [6.07, 6.45) is 1.90. The molecule has 0 aliphatic carbocycles. The predicted molar refractivity (Wildman–Crippen MR) is 43.2 cm³/mol. The zero-order valence-corrected chi connectivity index (χ0v) is 7.26. The van der Waals surface area contributed by atoms with E-state index in [9.17, 15) is 0 Å². The molecule has 0 aromatic carbocycles. The molecule has 1 aliphatic heterocycles. The van der Waals surface area contributed by atoms with Crippen LogP contribution in [-0.4, -0.2) is 12.1 Å². The normalized spacial score (nSPS) is 16.8. The maximum absolute atomic E-state index is 2.86. The van der Waals surface area contributed by atoms with Gasteiger partial charge in [0.1, 0.15) is 0 Å². The van der Waals surface area contributed by atoms with Crippen LogP contribution in [0.1, 0.15) is 6.92 Å². The molecule has 3 nitrogen and oxygen atoms in total. The van der Waals surface area contributed by atoms with Crippen molar-refractivity contribution in [3.05, 3.63) is 11.9 Å². The molecule has 1 rings (SSSR count).